The van der Waals surface area contributed by atoms with Crippen LogP contribution in [0.15, 0.2) is 121 Å². The van der Waals surface area contributed by atoms with Crippen LogP contribution in [-0.4, -0.2) is 29.3 Å². The number of hydrogen-bond donors (Lipinski definition) is 0. The lowest BCUT2D eigenvalue weighted by Crippen LogP contribution is -2.70. The van der Waals surface area contributed by atoms with Crippen LogP contribution in [0.5, 0.6) is 0 Å². The highest BCUT2D eigenvalue weighted by atomic mass is 19.1. The molecule has 14 rings (SSSR count). The van der Waals surface area contributed by atoms with E-state index in [-0.39, 0.29) is 58.4 Å². The SMILES string of the molecule is CC(C)(C)c1ccc(B2c3c(-c4ccccc4F)c4c5c6c3-n3c7c2ccc(C(C)(C)C)c7c2c(C(C)(C)C)ccc(c23)B6c2ccc(C(C)(C)C)c3c6c(C(C)(C)C)ccc(c6n-5c23)B4c2ccc(C(C)(C)C)cc2)cc1. The fraction of sp³-hybridized carbons (Fsp3) is 0.333. The predicted octanol–water partition coefficient (Wildman–Crippen LogP) is 12.3. The molecule has 6 heteroatoms. The van der Waals surface area contributed by atoms with Crippen LogP contribution in [0.1, 0.15) is 158 Å². The maximum absolute atomic E-state index is 18.1. The van der Waals surface area contributed by atoms with Gasteiger partial charge in [-0.05, 0) is 116 Å². The van der Waals surface area contributed by atoms with E-state index in [4.69, 9.17) is 0 Å². The molecule has 0 saturated heterocycles. The van der Waals surface area contributed by atoms with Crippen molar-refractivity contribution in [2.24, 2.45) is 0 Å². The standard InChI is InChI=1S/C72H74B3FN2/c1-67(2,3)39-23-27-41(28-24-39)73-48-35-31-44(69(7,8)9)54-56-46(71(13,14)15)33-37-50-63(56)77(61(48)54)65-58(73)53(43-21-19-20-22-52(43)76)59-66-60(65)75(50)51-38-34-47(72(16,17)18)57-55-45(70(10,11)12)32-36-49(62(55)78(66)64(51)57)74(59)42-29-25-40(26-30-42)68(4,5)6/h19-38H,1-18H3. The van der Waals surface area contributed by atoms with E-state index in [0.29, 0.717) is 5.56 Å². The summed E-state index contributed by atoms with van der Waals surface area (Å²) in [5, 5.41) is 5.48. The van der Waals surface area contributed by atoms with Gasteiger partial charge in [0.05, 0.1) is 0 Å². The Kier molecular flexibility index (Phi) is 9.85. The summed E-state index contributed by atoms with van der Waals surface area (Å²) in [5.41, 5.74) is 28.4. The third-order valence-corrected chi connectivity index (χ3v) is 18.9. The Morgan fingerprint density at radius 3 is 0.923 bits per heavy atom. The number of aromatic nitrogens is 2. The predicted molar refractivity (Wildman–Crippen MR) is 340 cm³/mol. The lowest BCUT2D eigenvalue weighted by atomic mass is 9.26. The maximum Gasteiger partial charge on any atom is 0.252 e. The summed E-state index contributed by atoms with van der Waals surface area (Å²) in [7, 11) is 0. The van der Waals surface area contributed by atoms with Crippen LogP contribution in [0.2, 0.25) is 0 Å². The first kappa shape index (κ1) is 49.8. The van der Waals surface area contributed by atoms with Gasteiger partial charge in [-0.2, -0.15) is 0 Å². The first-order valence-electron chi connectivity index (χ1n) is 29.0. The highest BCUT2D eigenvalue weighted by Crippen LogP contribution is 2.49. The van der Waals surface area contributed by atoms with E-state index in [2.05, 4.69) is 243 Å². The van der Waals surface area contributed by atoms with Gasteiger partial charge in [0, 0.05) is 60.5 Å². The second kappa shape index (κ2) is 15.4. The third kappa shape index (κ3) is 6.47. The molecule has 0 unspecified atom stereocenters. The Bertz CT molecular complexity index is 4060. The fourth-order valence-corrected chi connectivity index (χ4v) is 15.4. The number of halogens is 1. The Balaban J connectivity index is 1.32. The minimum atomic E-state index is -0.221. The molecule has 0 radical (unpaired) electrons. The van der Waals surface area contributed by atoms with E-state index in [0.717, 1.165) is 5.56 Å². The summed E-state index contributed by atoms with van der Waals surface area (Å²) in [6, 6.07) is 46.8. The topological polar surface area (TPSA) is 9.86 Å². The van der Waals surface area contributed by atoms with Gasteiger partial charge in [-0.1, -0.05) is 251 Å². The molecule has 0 N–H and O–H groups in total. The van der Waals surface area contributed by atoms with Crippen LogP contribution >= 0.6 is 0 Å². The van der Waals surface area contributed by atoms with E-state index in [1.54, 1.807) is 6.07 Å². The molecule has 2 aromatic heterocycles. The first-order chi connectivity index (χ1) is 36.5. The molecule has 4 aliphatic heterocycles. The van der Waals surface area contributed by atoms with Gasteiger partial charge in [0.2, 0.25) is 13.4 Å². The monoisotopic (exact) mass is 1020 g/mol. The molecule has 0 spiro atoms. The van der Waals surface area contributed by atoms with Crippen LogP contribution in [0.4, 0.5) is 4.39 Å². The molecule has 0 fully saturated rings. The number of fused-ring (bicyclic) bond motifs is 4. The van der Waals surface area contributed by atoms with Crippen molar-refractivity contribution in [3.63, 3.8) is 0 Å². The normalized spacial score (nSPS) is 14.8. The van der Waals surface area contributed by atoms with Gasteiger partial charge >= 0.3 is 0 Å². The number of nitrogens with zero attached hydrogens (tertiary/aromatic N) is 2. The van der Waals surface area contributed by atoms with Crippen molar-refractivity contribution >= 4 is 113 Å². The van der Waals surface area contributed by atoms with Gasteiger partial charge < -0.3 is 9.13 Å². The summed E-state index contributed by atoms with van der Waals surface area (Å²) in [4.78, 5) is 0. The summed E-state index contributed by atoms with van der Waals surface area (Å²) in [5.74, 6) is -0.192. The molecule has 6 heterocycles. The second-order valence-electron chi connectivity index (χ2n) is 30.2. The van der Waals surface area contributed by atoms with Crippen molar-refractivity contribution in [3.05, 3.63) is 161 Å². The van der Waals surface area contributed by atoms with Crippen molar-refractivity contribution in [1.29, 1.82) is 0 Å². The summed E-state index contributed by atoms with van der Waals surface area (Å²) >= 11 is 0. The Morgan fingerprint density at radius 1 is 0.321 bits per heavy atom. The highest BCUT2D eigenvalue weighted by molar-refractivity contribution is 7.07. The van der Waals surface area contributed by atoms with E-state index >= 15 is 4.39 Å². The van der Waals surface area contributed by atoms with Gasteiger partial charge in [0.25, 0.3) is 6.71 Å². The van der Waals surface area contributed by atoms with Crippen molar-refractivity contribution in [2.75, 3.05) is 0 Å². The molecule has 0 amide bonds. The molecule has 2 nitrogen and oxygen atoms in total. The Labute approximate surface area is 464 Å². The second-order valence-corrected chi connectivity index (χ2v) is 30.2. The summed E-state index contributed by atoms with van der Waals surface area (Å²) in [6.45, 7) is 42.1. The Hall–Kier alpha value is -6.52. The van der Waals surface area contributed by atoms with Gasteiger partial charge in [-0.15, -0.1) is 0 Å². The molecule has 78 heavy (non-hydrogen) atoms. The van der Waals surface area contributed by atoms with Crippen LogP contribution in [-0.2, 0) is 32.5 Å². The molecule has 10 aromatic rings. The van der Waals surface area contributed by atoms with Crippen LogP contribution < -0.4 is 49.2 Å². The largest absolute Gasteiger partial charge is 0.311 e. The summed E-state index contributed by atoms with van der Waals surface area (Å²) < 4.78 is 23.6. The van der Waals surface area contributed by atoms with Gasteiger partial charge in [-0.3, -0.25) is 0 Å². The average molecular weight is 1020 g/mol. The van der Waals surface area contributed by atoms with Gasteiger partial charge in [0.1, 0.15) is 5.82 Å². The van der Waals surface area contributed by atoms with Crippen molar-refractivity contribution in [2.45, 2.75) is 157 Å². The molecule has 4 aliphatic rings. The van der Waals surface area contributed by atoms with Crippen LogP contribution in [0.25, 0.3) is 66.1 Å². The van der Waals surface area contributed by atoms with Crippen molar-refractivity contribution < 1.29 is 4.39 Å². The molecule has 388 valence electrons. The minimum absolute atomic E-state index is 0.0316. The first-order valence-corrected chi connectivity index (χ1v) is 29.0. The molecule has 0 bridgehead atoms. The molecular formula is C72H74B3FN2. The summed E-state index contributed by atoms with van der Waals surface area (Å²) in [6.07, 6.45) is 0. The fourth-order valence-electron chi connectivity index (χ4n) is 15.4. The smallest absolute Gasteiger partial charge is 0.252 e. The molecule has 8 aromatic carbocycles. The highest BCUT2D eigenvalue weighted by Gasteiger charge is 2.53. The van der Waals surface area contributed by atoms with Gasteiger partial charge in [-0.25, -0.2) is 4.39 Å². The molecule has 0 aliphatic carbocycles. The zero-order valence-corrected chi connectivity index (χ0v) is 49.6. The van der Waals surface area contributed by atoms with Gasteiger partial charge in [0.15, 0.2) is 0 Å². The van der Waals surface area contributed by atoms with E-state index in [1.807, 2.05) is 6.07 Å². The average Bonchev–Trinajstić information content (AvgIpc) is 2.34. The Morgan fingerprint density at radius 2 is 0.628 bits per heavy atom. The van der Waals surface area contributed by atoms with Crippen LogP contribution in [0, 0.1) is 5.82 Å². The van der Waals surface area contributed by atoms with E-state index in [9.17, 15) is 0 Å². The third-order valence-electron chi connectivity index (χ3n) is 18.9. The number of benzene rings is 8. The molecule has 0 saturated carbocycles. The quantitative estimate of drug-likeness (QED) is 0.156. The van der Waals surface area contributed by atoms with Crippen molar-refractivity contribution in [1.82, 2.24) is 9.13 Å². The van der Waals surface area contributed by atoms with E-state index in [1.165, 1.54) is 138 Å². The number of hydrogen-bond acceptors (Lipinski definition) is 0. The zero-order valence-electron chi connectivity index (χ0n) is 49.6. The number of rotatable bonds is 3. The maximum atomic E-state index is 18.1. The molecule has 0 atom stereocenters. The zero-order chi connectivity index (χ0) is 55.2. The minimum Gasteiger partial charge on any atom is -0.311 e. The van der Waals surface area contributed by atoms with Crippen molar-refractivity contribution in [3.8, 4) is 22.5 Å². The lowest BCUT2D eigenvalue weighted by molar-refractivity contribution is 0.590. The van der Waals surface area contributed by atoms with E-state index < -0.39 is 0 Å². The molecular weight excluding hydrogens is 944 g/mol. The van der Waals surface area contributed by atoms with Crippen LogP contribution in [0.3, 0.4) is 0 Å². The lowest BCUT2D eigenvalue weighted by Gasteiger charge is -2.44.